The molecule has 0 aromatic carbocycles. The number of hydrogen-bond donors (Lipinski definition) is 0. The van der Waals surface area contributed by atoms with E-state index in [4.69, 9.17) is 9.47 Å². The molecule has 4 heteroatoms. The molecule has 0 rings (SSSR count). The van der Waals surface area contributed by atoms with Crippen molar-refractivity contribution in [3.8, 4) is 0 Å². The van der Waals surface area contributed by atoms with Crippen LogP contribution in [-0.2, 0) is 14.3 Å². The van der Waals surface area contributed by atoms with E-state index in [0.717, 1.165) is 11.5 Å². The Hall–Kier alpha value is -0.220. The topological polar surface area (TPSA) is 35.5 Å². The maximum atomic E-state index is 11.4. The standard InChI is InChI=1S/C11H22O3S/c1-4-5-8-15-9-10(2)11(12)14-7-6-13-3/h10H,4-9H2,1-3H3. The maximum Gasteiger partial charge on any atom is 0.309 e. The van der Waals surface area contributed by atoms with Crippen LogP contribution in [0.3, 0.4) is 0 Å². The van der Waals surface area contributed by atoms with Crippen LogP contribution in [0.5, 0.6) is 0 Å². The third-order valence-corrected chi connectivity index (χ3v) is 3.26. The highest BCUT2D eigenvalue weighted by Gasteiger charge is 2.13. The van der Waals surface area contributed by atoms with Gasteiger partial charge >= 0.3 is 5.97 Å². The van der Waals surface area contributed by atoms with E-state index >= 15 is 0 Å². The molecule has 15 heavy (non-hydrogen) atoms. The van der Waals surface area contributed by atoms with Gasteiger partial charge in [-0.1, -0.05) is 20.3 Å². The minimum Gasteiger partial charge on any atom is -0.463 e. The lowest BCUT2D eigenvalue weighted by Gasteiger charge is -2.10. The van der Waals surface area contributed by atoms with Crippen molar-refractivity contribution in [2.24, 2.45) is 5.92 Å². The molecule has 0 aliphatic rings. The van der Waals surface area contributed by atoms with Gasteiger partial charge in [0.2, 0.25) is 0 Å². The van der Waals surface area contributed by atoms with Crippen LogP contribution in [-0.4, -0.2) is 37.8 Å². The molecule has 0 aromatic rings. The molecule has 0 N–H and O–H groups in total. The molecule has 1 atom stereocenters. The summed E-state index contributed by atoms with van der Waals surface area (Å²) in [5, 5.41) is 0. The molecule has 0 aliphatic carbocycles. The number of hydrogen-bond acceptors (Lipinski definition) is 4. The van der Waals surface area contributed by atoms with Crippen LogP contribution in [0.1, 0.15) is 26.7 Å². The molecule has 0 spiro atoms. The number of methoxy groups -OCH3 is 1. The van der Waals surface area contributed by atoms with Gasteiger partial charge < -0.3 is 9.47 Å². The SMILES string of the molecule is CCCCSCC(C)C(=O)OCCOC. The highest BCUT2D eigenvalue weighted by Crippen LogP contribution is 2.11. The molecule has 0 fully saturated rings. The summed E-state index contributed by atoms with van der Waals surface area (Å²) in [7, 11) is 1.60. The summed E-state index contributed by atoms with van der Waals surface area (Å²) in [6.45, 7) is 4.91. The normalized spacial score (nSPS) is 12.5. The predicted octanol–water partition coefficient (Wildman–Crippen LogP) is 2.35. The van der Waals surface area contributed by atoms with Crippen molar-refractivity contribution in [1.29, 1.82) is 0 Å². The Morgan fingerprint density at radius 3 is 2.73 bits per heavy atom. The summed E-state index contributed by atoms with van der Waals surface area (Å²) >= 11 is 1.82. The molecule has 0 aliphatic heterocycles. The minimum absolute atomic E-state index is 0.0105. The Morgan fingerprint density at radius 1 is 1.40 bits per heavy atom. The van der Waals surface area contributed by atoms with Crippen LogP contribution in [0.15, 0.2) is 0 Å². The monoisotopic (exact) mass is 234 g/mol. The summed E-state index contributed by atoms with van der Waals surface area (Å²) in [5.41, 5.74) is 0. The summed E-state index contributed by atoms with van der Waals surface area (Å²) in [6, 6.07) is 0. The summed E-state index contributed by atoms with van der Waals surface area (Å²) in [4.78, 5) is 11.4. The number of unbranched alkanes of at least 4 members (excludes halogenated alkanes) is 1. The summed E-state index contributed by atoms with van der Waals surface area (Å²) in [5.74, 6) is 1.86. The number of rotatable bonds is 9. The number of carbonyl (C=O) groups is 1. The van der Waals surface area contributed by atoms with Gasteiger partial charge in [-0.05, 0) is 12.2 Å². The van der Waals surface area contributed by atoms with Gasteiger partial charge in [0.25, 0.3) is 0 Å². The summed E-state index contributed by atoms with van der Waals surface area (Å²) in [6.07, 6.45) is 2.43. The second kappa shape index (κ2) is 10.3. The highest BCUT2D eigenvalue weighted by atomic mass is 32.2. The van der Waals surface area contributed by atoms with Crippen LogP contribution >= 0.6 is 11.8 Å². The highest BCUT2D eigenvalue weighted by molar-refractivity contribution is 7.99. The van der Waals surface area contributed by atoms with Crippen LogP contribution in [0.4, 0.5) is 0 Å². The lowest BCUT2D eigenvalue weighted by atomic mass is 10.2. The number of thioether (sulfide) groups is 1. The molecule has 0 aromatic heterocycles. The van der Waals surface area contributed by atoms with Crippen LogP contribution in [0, 0.1) is 5.92 Å². The average Bonchev–Trinajstić information content (AvgIpc) is 2.24. The predicted molar refractivity (Wildman–Crippen MR) is 64.2 cm³/mol. The molecule has 0 saturated heterocycles. The Kier molecular flexibility index (Phi) is 10.2. The Bertz CT molecular complexity index is 162. The molecule has 0 bridgehead atoms. The van der Waals surface area contributed by atoms with E-state index in [1.54, 1.807) is 7.11 Å². The molecule has 0 heterocycles. The van der Waals surface area contributed by atoms with Crippen molar-refractivity contribution < 1.29 is 14.3 Å². The Labute approximate surface area is 96.9 Å². The molecule has 0 amide bonds. The van der Waals surface area contributed by atoms with Gasteiger partial charge in [0.15, 0.2) is 0 Å². The quantitative estimate of drug-likeness (QED) is 0.453. The van der Waals surface area contributed by atoms with E-state index in [2.05, 4.69) is 6.92 Å². The van der Waals surface area contributed by atoms with Gasteiger partial charge in [-0.25, -0.2) is 0 Å². The van der Waals surface area contributed by atoms with Crippen molar-refractivity contribution in [1.82, 2.24) is 0 Å². The fourth-order valence-corrected chi connectivity index (χ4v) is 2.09. The van der Waals surface area contributed by atoms with E-state index in [1.807, 2.05) is 18.7 Å². The van der Waals surface area contributed by atoms with Crippen molar-refractivity contribution in [2.45, 2.75) is 26.7 Å². The fraction of sp³-hybridized carbons (Fsp3) is 0.909. The fourth-order valence-electron chi connectivity index (χ4n) is 0.942. The van der Waals surface area contributed by atoms with Crippen LogP contribution in [0.2, 0.25) is 0 Å². The van der Waals surface area contributed by atoms with Gasteiger partial charge in [0, 0.05) is 12.9 Å². The van der Waals surface area contributed by atoms with E-state index < -0.39 is 0 Å². The van der Waals surface area contributed by atoms with E-state index in [-0.39, 0.29) is 11.9 Å². The van der Waals surface area contributed by atoms with E-state index in [9.17, 15) is 4.79 Å². The van der Waals surface area contributed by atoms with Gasteiger partial charge in [0.05, 0.1) is 12.5 Å². The van der Waals surface area contributed by atoms with Crippen molar-refractivity contribution in [3.63, 3.8) is 0 Å². The van der Waals surface area contributed by atoms with Crippen LogP contribution in [0.25, 0.3) is 0 Å². The first-order chi connectivity index (χ1) is 7.22. The first-order valence-corrected chi connectivity index (χ1v) is 6.61. The molecular weight excluding hydrogens is 212 g/mol. The van der Waals surface area contributed by atoms with Crippen LogP contribution < -0.4 is 0 Å². The first kappa shape index (κ1) is 14.8. The van der Waals surface area contributed by atoms with E-state index in [0.29, 0.717) is 13.2 Å². The molecule has 3 nitrogen and oxygen atoms in total. The molecule has 1 unspecified atom stereocenters. The largest absolute Gasteiger partial charge is 0.463 e. The van der Waals surface area contributed by atoms with Gasteiger partial charge in [-0.2, -0.15) is 11.8 Å². The zero-order valence-corrected chi connectivity index (χ0v) is 10.8. The zero-order chi connectivity index (χ0) is 11.5. The number of ether oxygens (including phenoxy) is 2. The average molecular weight is 234 g/mol. The maximum absolute atomic E-state index is 11.4. The Morgan fingerprint density at radius 2 is 2.13 bits per heavy atom. The molecular formula is C11H22O3S. The van der Waals surface area contributed by atoms with Gasteiger partial charge in [-0.3, -0.25) is 4.79 Å². The minimum atomic E-state index is -0.115. The molecule has 0 saturated carbocycles. The first-order valence-electron chi connectivity index (χ1n) is 5.45. The second-order valence-corrected chi connectivity index (χ2v) is 4.64. The van der Waals surface area contributed by atoms with Crippen molar-refractivity contribution >= 4 is 17.7 Å². The number of esters is 1. The zero-order valence-electron chi connectivity index (χ0n) is 9.95. The lowest BCUT2D eigenvalue weighted by molar-refractivity contribution is -0.148. The molecule has 0 radical (unpaired) electrons. The van der Waals surface area contributed by atoms with Crippen molar-refractivity contribution in [2.75, 3.05) is 31.8 Å². The van der Waals surface area contributed by atoms with Crippen molar-refractivity contribution in [3.05, 3.63) is 0 Å². The van der Waals surface area contributed by atoms with Gasteiger partial charge in [0.1, 0.15) is 6.61 Å². The third-order valence-electron chi connectivity index (χ3n) is 1.94. The second-order valence-electron chi connectivity index (χ2n) is 3.49. The lowest BCUT2D eigenvalue weighted by Crippen LogP contribution is -2.19. The molecule has 90 valence electrons. The number of carbonyl (C=O) groups excluding carboxylic acids is 1. The van der Waals surface area contributed by atoms with E-state index in [1.165, 1.54) is 12.8 Å². The summed E-state index contributed by atoms with van der Waals surface area (Å²) < 4.78 is 9.83. The Balaban J connectivity index is 3.42. The third kappa shape index (κ3) is 8.75. The smallest absolute Gasteiger partial charge is 0.309 e. The van der Waals surface area contributed by atoms with Gasteiger partial charge in [-0.15, -0.1) is 0 Å².